The van der Waals surface area contributed by atoms with E-state index >= 15 is 0 Å². The molecule has 0 saturated carbocycles. The minimum Gasteiger partial charge on any atom is -0.416 e. The molecule has 10 heteroatoms. The highest BCUT2D eigenvalue weighted by Crippen LogP contribution is 2.24. The van der Waals surface area contributed by atoms with E-state index in [1.807, 2.05) is 0 Å². The van der Waals surface area contributed by atoms with E-state index in [0.717, 1.165) is 22.7 Å². The molecule has 3 amide bonds. The molecule has 0 spiro atoms. The van der Waals surface area contributed by atoms with E-state index in [-0.39, 0.29) is 29.8 Å². The molecule has 1 aromatic carbocycles. The van der Waals surface area contributed by atoms with Crippen molar-refractivity contribution < 1.29 is 22.8 Å². The number of hydrogen-bond acceptors (Lipinski definition) is 6. The third-order valence-electron chi connectivity index (χ3n) is 3.99. The first-order valence-corrected chi connectivity index (χ1v) is 9.27. The number of amides is 3. The predicted octanol–water partition coefficient (Wildman–Crippen LogP) is 3.41. The van der Waals surface area contributed by atoms with Crippen LogP contribution in [-0.4, -0.2) is 39.3 Å². The summed E-state index contributed by atoms with van der Waals surface area (Å²) in [6.07, 6.45) is 1.54. The summed E-state index contributed by atoms with van der Waals surface area (Å²) in [6, 6.07) is 2.62. The topological polar surface area (TPSA) is 88.7 Å². The first-order chi connectivity index (χ1) is 13.4. The van der Waals surface area contributed by atoms with Gasteiger partial charge < -0.3 is 4.42 Å². The van der Waals surface area contributed by atoms with Crippen LogP contribution >= 0.6 is 11.8 Å². The first-order valence-electron chi connectivity index (χ1n) is 8.29. The van der Waals surface area contributed by atoms with Gasteiger partial charge in [-0.15, -0.1) is 16.8 Å². The molecule has 0 radical (unpaired) electrons. The van der Waals surface area contributed by atoms with Gasteiger partial charge in [-0.05, 0) is 24.6 Å². The summed E-state index contributed by atoms with van der Waals surface area (Å²) in [7, 11) is 0. The van der Waals surface area contributed by atoms with Crippen LogP contribution in [0.1, 0.15) is 18.4 Å². The van der Waals surface area contributed by atoms with Crippen LogP contribution in [-0.2, 0) is 17.0 Å². The second-order valence-corrected chi connectivity index (χ2v) is 6.98. The molecule has 146 valence electrons. The Morgan fingerprint density at radius 3 is 2.64 bits per heavy atom. The summed E-state index contributed by atoms with van der Waals surface area (Å²) in [5.74, 6) is -1.97. The molecular formula is C18H16F2N4O3S. The molecule has 3 rings (SSSR count). The van der Waals surface area contributed by atoms with Gasteiger partial charge in [0.2, 0.25) is 11.8 Å². The van der Waals surface area contributed by atoms with Gasteiger partial charge in [-0.25, -0.2) is 18.6 Å². The Labute approximate surface area is 163 Å². The number of aliphatic imine (C=N–C) groups is 1. The molecule has 0 bridgehead atoms. The minimum atomic E-state index is -0.687. The van der Waals surface area contributed by atoms with Crippen LogP contribution in [0.15, 0.2) is 45.5 Å². The Hall–Kier alpha value is -2.88. The summed E-state index contributed by atoms with van der Waals surface area (Å²) in [6.45, 7) is 5.19. The minimum absolute atomic E-state index is 0.0695. The van der Waals surface area contributed by atoms with E-state index in [9.17, 15) is 18.4 Å². The third kappa shape index (κ3) is 4.50. The number of nitrogens with zero attached hydrogens (tertiary/aromatic N) is 4. The van der Waals surface area contributed by atoms with Crippen molar-refractivity contribution in [1.29, 1.82) is 0 Å². The number of imide groups is 1. The van der Waals surface area contributed by atoms with Crippen LogP contribution < -0.4 is 0 Å². The van der Waals surface area contributed by atoms with Gasteiger partial charge in [0.15, 0.2) is 0 Å². The molecule has 2 heterocycles. The zero-order chi connectivity index (χ0) is 20.3. The number of carbonyl (C=O) groups excluding carboxylic acids is 2. The van der Waals surface area contributed by atoms with Crippen molar-refractivity contribution in [3.63, 3.8) is 0 Å². The highest BCUT2D eigenvalue weighted by atomic mass is 32.2. The molecule has 0 saturated heterocycles. The Morgan fingerprint density at radius 2 is 1.96 bits per heavy atom. The first kappa shape index (κ1) is 19.9. The smallest absolute Gasteiger partial charge is 0.350 e. The summed E-state index contributed by atoms with van der Waals surface area (Å²) >= 11 is 1.12. The SMILES string of the molecule is C=CCN1C(=O)N=C(C)C(Cc2nnc(SCc3cc(F)cc(F)c3)o2)C1=O. The zero-order valence-corrected chi connectivity index (χ0v) is 15.7. The number of halogens is 2. The Morgan fingerprint density at radius 1 is 1.25 bits per heavy atom. The number of urea groups is 1. The molecule has 2 aromatic rings. The van der Waals surface area contributed by atoms with E-state index in [2.05, 4.69) is 21.8 Å². The molecule has 1 aliphatic rings. The molecule has 1 atom stereocenters. The molecule has 1 aromatic heterocycles. The van der Waals surface area contributed by atoms with E-state index in [4.69, 9.17) is 4.42 Å². The lowest BCUT2D eigenvalue weighted by atomic mass is 9.97. The van der Waals surface area contributed by atoms with Crippen molar-refractivity contribution in [2.75, 3.05) is 6.54 Å². The summed E-state index contributed by atoms with van der Waals surface area (Å²) in [5, 5.41) is 7.98. The van der Waals surface area contributed by atoms with E-state index in [1.54, 1.807) is 6.92 Å². The fraction of sp³-hybridized carbons (Fsp3) is 0.278. The lowest BCUT2D eigenvalue weighted by Gasteiger charge is -2.27. The molecule has 0 N–H and O–H groups in total. The van der Waals surface area contributed by atoms with Gasteiger partial charge in [-0.1, -0.05) is 17.8 Å². The number of rotatable bonds is 7. The summed E-state index contributed by atoms with van der Waals surface area (Å²) in [4.78, 5) is 29.3. The monoisotopic (exact) mass is 406 g/mol. The molecule has 0 fully saturated rings. The number of hydrogen-bond donors (Lipinski definition) is 0. The van der Waals surface area contributed by atoms with Crippen LogP contribution in [0.25, 0.3) is 0 Å². The normalized spacial score (nSPS) is 17.0. The maximum atomic E-state index is 13.2. The van der Waals surface area contributed by atoms with Crippen LogP contribution in [0.4, 0.5) is 13.6 Å². The van der Waals surface area contributed by atoms with Crippen molar-refractivity contribution in [2.45, 2.75) is 24.3 Å². The average Bonchev–Trinajstić information content (AvgIpc) is 3.07. The third-order valence-corrected chi connectivity index (χ3v) is 4.88. The summed E-state index contributed by atoms with van der Waals surface area (Å²) in [5.41, 5.74) is 0.809. The van der Waals surface area contributed by atoms with Crippen molar-refractivity contribution in [2.24, 2.45) is 10.9 Å². The number of carbonyl (C=O) groups is 2. The van der Waals surface area contributed by atoms with Crippen LogP contribution in [0.3, 0.4) is 0 Å². The van der Waals surface area contributed by atoms with Crippen molar-refractivity contribution in [1.82, 2.24) is 15.1 Å². The Kier molecular flexibility index (Phi) is 5.98. The molecule has 1 unspecified atom stereocenters. The van der Waals surface area contributed by atoms with Gasteiger partial charge >= 0.3 is 6.03 Å². The fourth-order valence-corrected chi connectivity index (χ4v) is 3.39. The van der Waals surface area contributed by atoms with Gasteiger partial charge in [0.05, 0.1) is 5.92 Å². The molecular weight excluding hydrogens is 390 g/mol. The molecule has 28 heavy (non-hydrogen) atoms. The van der Waals surface area contributed by atoms with Gasteiger partial charge in [0.1, 0.15) is 11.6 Å². The Bertz CT molecular complexity index is 940. The number of benzene rings is 1. The quantitative estimate of drug-likeness (QED) is 0.517. The largest absolute Gasteiger partial charge is 0.416 e. The second-order valence-electron chi connectivity index (χ2n) is 6.06. The Balaban J connectivity index is 1.67. The second kappa shape index (κ2) is 8.42. The maximum Gasteiger partial charge on any atom is 0.350 e. The highest BCUT2D eigenvalue weighted by Gasteiger charge is 2.36. The predicted molar refractivity (Wildman–Crippen MR) is 97.8 cm³/mol. The average molecular weight is 406 g/mol. The van der Waals surface area contributed by atoms with Crippen LogP contribution in [0, 0.1) is 17.6 Å². The van der Waals surface area contributed by atoms with Crippen molar-refractivity contribution in [3.8, 4) is 0 Å². The lowest BCUT2D eigenvalue weighted by molar-refractivity contribution is -0.130. The van der Waals surface area contributed by atoms with Crippen molar-refractivity contribution in [3.05, 3.63) is 53.9 Å². The number of aromatic nitrogens is 2. The molecule has 0 aliphatic carbocycles. The van der Waals surface area contributed by atoms with Gasteiger partial charge in [0.25, 0.3) is 5.22 Å². The standard InChI is InChI=1S/C18H16F2N4O3S/c1-3-4-24-16(25)14(10(2)21-17(24)26)8-15-22-23-18(27-15)28-9-11-5-12(19)7-13(20)6-11/h3,5-7,14H,1,4,8-9H2,2H3. The van der Waals surface area contributed by atoms with Gasteiger partial charge in [0, 0.05) is 30.5 Å². The maximum absolute atomic E-state index is 13.2. The number of thioether (sulfide) groups is 1. The summed E-state index contributed by atoms with van der Waals surface area (Å²) < 4.78 is 32.0. The molecule has 7 nitrogen and oxygen atoms in total. The van der Waals surface area contributed by atoms with Gasteiger partial charge in [-0.3, -0.25) is 9.69 Å². The zero-order valence-electron chi connectivity index (χ0n) is 14.9. The lowest BCUT2D eigenvalue weighted by Crippen LogP contribution is -2.46. The van der Waals surface area contributed by atoms with E-state index in [1.165, 1.54) is 18.2 Å². The fourth-order valence-electron chi connectivity index (χ4n) is 2.68. The molecule has 1 aliphatic heterocycles. The van der Waals surface area contributed by atoms with Crippen molar-refractivity contribution >= 4 is 29.4 Å². The highest BCUT2D eigenvalue weighted by molar-refractivity contribution is 7.98. The van der Waals surface area contributed by atoms with E-state index < -0.39 is 29.5 Å². The van der Waals surface area contributed by atoms with Crippen LogP contribution in [0.2, 0.25) is 0 Å². The van der Waals surface area contributed by atoms with E-state index in [0.29, 0.717) is 11.3 Å². The van der Waals surface area contributed by atoms with Crippen LogP contribution in [0.5, 0.6) is 0 Å². The van der Waals surface area contributed by atoms with Gasteiger partial charge in [-0.2, -0.15) is 0 Å².